The molecule has 0 radical (unpaired) electrons. The zero-order valence-corrected chi connectivity index (χ0v) is 11.6. The Morgan fingerprint density at radius 2 is 2.18 bits per heavy atom. The number of unbranched alkanes of at least 4 members (excludes halogenated alkanes) is 1. The summed E-state index contributed by atoms with van der Waals surface area (Å²) in [6.45, 7) is 5.25. The molecular formula is C10H17ClN2O3S. The third-order valence-electron chi connectivity index (χ3n) is 2.25. The summed E-state index contributed by atoms with van der Waals surface area (Å²) >= 11 is 0. The smallest absolute Gasteiger partial charge is 0.264 e. The zero-order valence-electron chi connectivity index (χ0n) is 10.0. The molecule has 17 heavy (non-hydrogen) atoms. The topological polar surface area (TPSA) is 61.2 Å². The molecular weight excluding hydrogens is 264 g/mol. The maximum Gasteiger partial charge on any atom is 0.264 e. The molecule has 0 spiro atoms. The van der Waals surface area contributed by atoms with Gasteiger partial charge >= 0.3 is 0 Å². The SMILES string of the molecule is CCCCn1cc(S(=O)(=O)Cl)c(COCC)n1. The summed E-state index contributed by atoms with van der Waals surface area (Å²) in [5, 5.41) is 4.18. The minimum absolute atomic E-state index is 0.0451. The van der Waals surface area contributed by atoms with E-state index in [1.165, 1.54) is 6.20 Å². The van der Waals surface area contributed by atoms with Gasteiger partial charge in [0.05, 0.1) is 6.61 Å². The second-order valence-electron chi connectivity index (χ2n) is 3.63. The third-order valence-corrected chi connectivity index (χ3v) is 3.61. The molecule has 1 rings (SSSR count). The zero-order chi connectivity index (χ0) is 12.9. The normalized spacial score (nSPS) is 11.9. The van der Waals surface area contributed by atoms with Crippen molar-refractivity contribution in [2.45, 2.75) is 44.7 Å². The van der Waals surface area contributed by atoms with Crippen molar-refractivity contribution in [2.24, 2.45) is 0 Å². The molecule has 1 aromatic rings. The van der Waals surface area contributed by atoms with Crippen LogP contribution in [0.15, 0.2) is 11.1 Å². The maximum absolute atomic E-state index is 11.4. The molecule has 98 valence electrons. The van der Waals surface area contributed by atoms with Crippen LogP contribution in [0, 0.1) is 0 Å². The lowest BCUT2D eigenvalue weighted by atomic mass is 10.3. The summed E-state index contributed by atoms with van der Waals surface area (Å²) in [7, 11) is 1.59. The molecule has 0 saturated heterocycles. The van der Waals surface area contributed by atoms with Crippen LogP contribution in [0.2, 0.25) is 0 Å². The average molecular weight is 281 g/mol. The maximum atomic E-state index is 11.4. The Balaban J connectivity index is 2.95. The molecule has 0 atom stereocenters. The number of nitrogens with zero attached hydrogens (tertiary/aromatic N) is 2. The van der Waals surface area contributed by atoms with Gasteiger partial charge < -0.3 is 4.74 Å². The predicted octanol–water partition coefficient (Wildman–Crippen LogP) is 2.15. The Morgan fingerprint density at radius 3 is 2.71 bits per heavy atom. The van der Waals surface area contributed by atoms with Crippen molar-refractivity contribution in [2.75, 3.05) is 6.61 Å². The van der Waals surface area contributed by atoms with Crippen molar-refractivity contribution in [1.29, 1.82) is 0 Å². The van der Waals surface area contributed by atoms with Crippen molar-refractivity contribution in [3.63, 3.8) is 0 Å². The first-order valence-electron chi connectivity index (χ1n) is 5.57. The van der Waals surface area contributed by atoms with E-state index >= 15 is 0 Å². The van der Waals surface area contributed by atoms with Crippen molar-refractivity contribution < 1.29 is 13.2 Å². The summed E-state index contributed by atoms with van der Waals surface area (Å²) in [4.78, 5) is 0.0451. The molecule has 0 aliphatic rings. The van der Waals surface area contributed by atoms with Gasteiger partial charge in [0.1, 0.15) is 10.6 Å². The van der Waals surface area contributed by atoms with Crippen LogP contribution in [0.5, 0.6) is 0 Å². The van der Waals surface area contributed by atoms with Crippen LogP contribution in [-0.4, -0.2) is 24.8 Å². The van der Waals surface area contributed by atoms with Crippen molar-refractivity contribution in [3.8, 4) is 0 Å². The fourth-order valence-corrected chi connectivity index (χ4v) is 2.40. The number of rotatable bonds is 7. The molecule has 0 fully saturated rings. The molecule has 0 bridgehead atoms. The summed E-state index contributed by atoms with van der Waals surface area (Å²) in [6, 6.07) is 0. The van der Waals surface area contributed by atoms with Gasteiger partial charge in [-0.3, -0.25) is 4.68 Å². The largest absolute Gasteiger partial charge is 0.375 e. The van der Waals surface area contributed by atoms with E-state index in [0.29, 0.717) is 18.8 Å². The van der Waals surface area contributed by atoms with Crippen LogP contribution in [0.1, 0.15) is 32.4 Å². The van der Waals surface area contributed by atoms with Crippen LogP contribution in [0.25, 0.3) is 0 Å². The van der Waals surface area contributed by atoms with Gasteiger partial charge in [0.15, 0.2) is 0 Å². The number of ether oxygens (including phenoxy) is 1. The molecule has 1 heterocycles. The van der Waals surface area contributed by atoms with E-state index in [-0.39, 0.29) is 11.5 Å². The van der Waals surface area contributed by atoms with Gasteiger partial charge in [-0.15, -0.1) is 0 Å². The third kappa shape index (κ3) is 4.29. The van der Waals surface area contributed by atoms with Gasteiger partial charge in [-0.2, -0.15) is 5.10 Å². The number of halogens is 1. The minimum atomic E-state index is -3.76. The lowest BCUT2D eigenvalue weighted by molar-refractivity contribution is 0.129. The number of aromatic nitrogens is 2. The molecule has 0 N–H and O–H groups in total. The average Bonchev–Trinajstić information content (AvgIpc) is 2.66. The first-order valence-corrected chi connectivity index (χ1v) is 7.88. The highest BCUT2D eigenvalue weighted by molar-refractivity contribution is 8.13. The van der Waals surface area contributed by atoms with Crippen LogP contribution >= 0.6 is 10.7 Å². The Labute approximate surface area is 106 Å². The van der Waals surface area contributed by atoms with Gasteiger partial charge in [0.2, 0.25) is 0 Å². The first kappa shape index (κ1) is 14.5. The Bertz CT molecular complexity index is 456. The second-order valence-corrected chi connectivity index (χ2v) is 6.17. The van der Waals surface area contributed by atoms with Crippen molar-refractivity contribution in [3.05, 3.63) is 11.9 Å². The lowest BCUT2D eigenvalue weighted by Gasteiger charge is -1.99. The van der Waals surface area contributed by atoms with E-state index in [2.05, 4.69) is 12.0 Å². The highest BCUT2D eigenvalue weighted by atomic mass is 35.7. The molecule has 0 aliphatic heterocycles. The second kappa shape index (κ2) is 6.37. The quantitative estimate of drug-likeness (QED) is 0.718. The summed E-state index contributed by atoms with van der Waals surface area (Å²) in [6.07, 6.45) is 3.42. The fraction of sp³-hybridized carbons (Fsp3) is 0.700. The standard InChI is InChI=1S/C10H17ClN2O3S/c1-3-5-6-13-7-10(17(11,14)15)9(12-13)8-16-4-2/h7H,3-6,8H2,1-2H3. The van der Waals surface area contributed by atoms with Gasteiger partial charge in [-0.25, -0.2) is 8.42 Å². The Hall–Kier alpha value is -0.590. The van der Waals surface area contributed by atoms with E-state index in [1.54, 1.807) is 4.68 Å². The van der Waals surface area contributed by atoms with E-state index in [9.17, 15) is 8.42 Å². The number of aryl methyl sites for hydroxylation is 1. The minimum Gasteiger partial charge on any atom is -0.375 e. The summed E-state index contributed by atoms with van der Waals surface area (Å²) < 4.78 is 29.5. The van der Waals surface area contributed by atoms with Crippen LogP contribution in [0.4, 0.5) is 0 Å². The molecule has 7 heteroatoms. The van der Waals surface area contributed by atoms with Crippen molar-refractivity contribution >= 4 is 19.7 Å². The van der Waals surface area contributed by atoms with E-state index in [4.69, 9.17) is 15.4 Å². The van der Waals surface area contributed by atoms with E-state index < -0.39 is 9.05 Å². The van der Waals surface area contributed by atoms with Crippen LogP contribution in [0.3, 0.4) is 0 Å². The predicted molar refractivity (Wildman–Crippen MR) is 65.5 cm³/mol. The molecule has 5 nitrogen and oxygen atoms in total. The van der Waals surface area contributed by atoms with Gasteiger partial charge in [0, 0.05) is 30.0 Å². The summed E-state index contributed by atoms with van der Waals surface area (Å²) in [5.41, 5.74) is 0.373. The highest BCUT2D eigenvalue weighted by Gasteiger charge is 2.20. The molecule has 0 unspecified atom stereocenters. The molecule has 0 aromatic carbocycles. The fourth-order valence-electron chi connectivity index (χ4n) is 1.38. The van der Waals surface area contributed by atoms with Gasteiger partial charge in [-0.1, -0.05) is 13.3 Å². The lowest BCUT2D eigenvalue weighted by Crippen LogP contribution is -2.01. The van der Waals surface area contributed by atoms with E-state index in [0.717, 1.165) is 12.8 Å². The molecule has 0 amide bonds. The first-order chi connectivity index (χ1) is 7.99. The van der Waals surface area contributed by atoms with Gasteiger partial charge in [-0.05, 0) is 13.3 Å². The highest BCUT2D eigenvalue weighted by Crippen LogP contribution is 2.20. The monoisotopic (exact) mass is 280 g/mol. The van der Waals surface area contributed by atoms with Crippen molar-refractivity contribution in [1.82, 2.24) is 9.78 Å². The molecule has 0 aliphatic carbocycles. The molecule has 1 aromatic heterocycles. The molecule has 0 saturated carbocycles. The Kier molecular flexibility index (Phi) is 5.42. The van der Waals surface area contributed by atoms with Gasteiger partial charge in [0.25, 0.3) is 9.05 Å². The van der Waals surface area contributed by atoms with Crippen LogP contribution in [-0.2, 0) is 26.9 Å². The van der Waals surface area contributed by atoms with E-state index in [1.807, 2.05) is 6.92 Å². The Morgan fingerprint density at radius 1 is 1.47 bits per heavy atom. The number of hydrogen-bond acceptors (Lipinski definition) is 4. The van der Waals surface area contributed by atoms with Crippen LogP contribution < -0.4 is 0 Å². The summed E-state index contributed by atoms with van der Waals surface area (Å²) in [5.74, 6) is 0. The number of hydrogen-bond donors (Lipinski definition) is 0.